The molecule has 5 rings (SSSR count). The molecule has 3 heterocycles. The highest BCUT2D eigenvalue weighted by Gasteiger charge is 2.51. The number of benzene rings is 1. The maximum atomic E-state index is 10.5. The maximum absolute atomic E-state index is 10.5. The minimum Gasteiger partial charge on any atom is -0.393 e. The average molecular weight is 353 g/mol. The van der Waals surface area contributed by atoms with Crippen LogP contribution in [0.25, 0.3) is 10.9 Å². The van der Waals surface area contributed by atoms with Crippen LogP contribution in [0.5, 0.6) is 0 Å². The summed E-state index contributed by atoms with van der Waals surface area (Å²) in [7, 11) is 2.26. The third-order valence-corrected chi connectivity index (χ3v) is 8.11. The molecule has 0 amide bonds. The molecule has 0 radical (unpaired) electrons. The lowest BCUT2D eigenvalue weighted by atomic mass is 9.62. The van der Waals surface area contributed by atoms with Gasteiger partial charge in [0.1, 0.15) is 0 Å². The van der Waals surface area contributed by atoms with Crippen LogP contribution in [0.2, 0.25) is 0 Å². The zero-order chi connectivity index (χ0) is 18.2. The number of rotatable bonds is 0. The van der Waals surface area contributed by atoms with Gasteiger partial charge in [-0.1, -0.05) is 18.6 Å². The van der Waals surface area contributed by atoms with Gasteiger partial charge >= 0.3 is 0 Å². The van der Waals surface area contributed by atoms with Gasteiger partial charge < -0.3 is 9.67 Å². The molecule has 3 aliphatic rings. The molecule has 2 aliphatic heterocycles. The molecule has 0 spiro atoms. The Kier molecular flexibility index (Phi) is 3.62. The number of piperidine rings is 1. The third-order valence-electron chi connectivity index (χ3n) is 8.11. The molecule has 2 aromatic rings. The fourth-order valence-electron chi connectivity index (χ4n) is 6.63. The number of aryl methyl sites for hydroxylation is 2. The number of aromatic nitrogens is 1. The van der Waals surface area contributed by atoms with Gasteiger partial charge in [-0.25, -0.2) is 0 Å². The van der Waals surface area contributed by atoms with Crippen LogP contribution in [0.15, 0.2) is 18.2 Å². The molecule has 3 heteroatoms. The molecule has 0 bridgehead atoms. The van der Waals surface area contributed by atoms with Crippen molar-refractivity contribution < 1.29 is 5.11 Å². The summed E-state index contributed by atoms with van der Waals surface area (Å²) in [5.41, 5.74) is 5.94. The fourth-order valence-corrected chi connectivity index (χ4v) is 6.63. The van der Waals surface area contributed by atoms with Crippen LogP contribution < -0.4 is 0 Å². The zero-order valence-corrected chi connectivity index (χ0v) is 16.6. The molecule has 1 aromatic heterocycles. The molecule has 2 fully saturated rings. The van der Waals surface area contributed by atoms with Crippen LogP contribution in [0.4, 0.5) is 0 Å². The smallest absolute Gasteiger partial charge is 0.0591 e. The molecule has 5 atom stereocenters. The van der Waals surface area contributed by atoms with E-state index in [9.17, 15) is 5.11 Å². The number of nitrogens with zero attached hydrogens (tertiary/aromatic N) is 2. The summed E-state index contributed by atoms with van der Waals surface area (Å²) < 4.78 is 2.47. The Balaban J connectivity index is 1.65. The molecule has 1 saturated heterocycles. The van der Waals surface area contributed by atoms with Crippen molar-refractivity contribution in [2.75, 3.05) is 13.1 Å². The van der Waals surface area contributed by atoms with Crippen molar-refractivity contribution in [1.29, 1.82) is 0 Å². The highest BCUT2D eigenvalue weighted by molar-refractivity contribution is 5.87. The van der Waals surface area contributed by atoms with Gasteiger partial charge in [-0.15, -0.1) is 0 Å². The number of aliphatic hydroxyl groups excluding tert-OH is 1. The zero-order valence-electron chi connectivity index (χ0n) is 16.6. The van der Waals surface area contributed by atoms with Crippen molar-refractivity contribution in [3.63, 3.8) is 0 Å². The van der Waals surface area contributed by atoms with Gasteiger partial charge in [0.15, 0.2) is 0 Å². The van der Waals surface area contributed by atoms with Crippen LogP contribution in [-0.2, 0) is 19.0 Å². The summed E-state index contributed by atoms with van der Waals surface area (Å²) in [5, 5.41) is 11.9. The normalized spacial score (nSPS) is 37.3. The fraction of sp³-hybridized carbons (Fsp3) is 0.652. The SMILES string of the molecule is Cc1ccc2c(c1)c1c(n2C)[C@]2(C)CC3C(CCC(O)[C@@H]3C)CN2CC1. The Morgan fingerprint density at radius 2 is 2.04 bits per heavy atom. The Bertz CT molecular complexity index is 869. The second-order valence-corrected chi connectivity index (χ2v) is 9.51. The summed E-state index contributed by atoms with van der Waals surface area (Å²) in [6, 6.07) is 6.92. The number of fused-ring (bicyclic) bond motifs is 6. The highest BCUT2D eigenvalue weighted by atomic mass is 16.3. The topological polar surface area (TPSA) is 28.4 Å². The third kappa shape index (κ3) is 2.13. The van der Waals surface area contributed by atoms with E-state index >= 15 is 0 Å². The molecule has 1 N–H and O–H groups in total. The van der Waals surface area contributed by atoms with Crippen LogP contribution in [0.3, 0.4) is 0 Å². The van der Waals surface area contributed by atoms with Gasteiger partial charge in [-0.2, -0.15) is 0 Å². The van der Waals surface area contributed by atoms with Gasteiger partial charge in [0.25, 0.3) is 0 Å². The van der Waals surface area contributed by atoms with Crippen molar-refractivity contribution in [2.45, 2.75) is 58.1 Å². The van der Waals surface area contributed by atoms with Gasteiger partial charge in [0.2, 0.25) is 0 Å². The summed E-state index contributed by atoms with van der Waals surface area (Å²) in [6.07, 6.45) is 4.44. The van der Waals surface area contributed by atoms with Gasteiger partial charge in [0, 0.05) is 36.7 Å². The Morgan fingerprint density at radius 1 is 1.23 bits per heavy atom. The van der Waals surface area contributed by atoms with Crippen molar-refractivity contribution in [3.05, 3.63) is 35.0 Å². The second kappa shape index (κ2) is 5.59. The van der Waals surface area contributed by atoms with Gasteiger partial charge in [-0.05, 0) is 75.0 Å². The molecule has 140 valence electrons. The van der Waals surface area contributed by atoms with Gasteiger partial charge in [0.05, 0.1) is 11.6 Å². The second-order valence-electron chi connectivity index (χ2n) is 9.51. The molecule has 1 aliphatic carbocycles. The van der Waals surface area contributed by atoms with Crippen LogP contribution in [-0.4, -0.2) is 33.8 Å². The van der Waals surface area contributed by atoms with E-state index in [1.807, 2.05) is 0 Å². The summed E-state index contributed by atoms with van der Waals surface area (Å²) in [4.78, 5) is 2.77. The van der Waals surface area contributed by atoms with E-state index in [1.54, 1.807) is 5.56 Å². The molecular weight excluding hydrogens is 320 g/mol. The van der Waals surface area contributed by atoms with E-state index in [2.05, 4.69) is 55.5 Å². The van der Waals surface area contributed by atoms with E-state index in [0.29, 0.717) is 11.8 Å². The van der Waals surface area contributed by atoms with Crippen molar-refractivity contribution >= 4 is 10.9 Å². The van der Waals surface area contributed by atoms with E-state index in [1.165, 1.54) is 54.5 Å². The van der Waals surface area contributed by atoms with Crippen LogP contribution in [0.1, 0.15) is 49.9 Å². The summed E-state index contributed by atoms with van der Waals surface area (Å²) in [6.45, 7) is 9.34. The lowest BCUT2D eigenvalue weighted by molar-refractivity contribution is -0.0838. The quantitative estimate of drug-likeness (QED) is 0.777. The molecule has 1 saturated carbocycles. The highest BCUT2D eigenvalue weighted by Crippen LogP contribution is 2.52. The Morgan fingerprint density at radius 3 is 2.85 bits per heavy atom. The average Bonchev–Trinajstić information content (AvgIpc) is 2.90. The van der Waals surface area contributed by atoms with E-state index in [-0.39, 0.29) is 11.6 Å². The Labute approximate surface area is 157 Å². The molecule has 1 aromatic carbocycles. The largest absolute Gasteiger partial charge is 0.393 e. The molecule has 3 unspecified atom stereocenters. The lowest BCUT2D eigenvalue weighted by Gasteiger charge is -2.56. The number of hydrogen-bond acceptors (Lipinski definition) is 2. The first-order valence-electron chi connectivity index (χ1n) is 10.4. The van der Waals surface area contributed by atoms with Crippen LogP contribution in [0, 0.1) is 24.7 Å². The lowest BCUT2D eigenvalue weighted by Crippen LogP contribution is -2.59. The first-order valence-corrected chi connectivity index (χ1v) is 10.4. The van der Waals surface area contributed by atoms with E-state index in [0.717, 1.165) is 12.3 Å². The summed E-state index contributed by atoms with van der Waals surface area (Å²) >= 11 is 0. The predicted octanol–water partition coefficient (Wildman–Crippen LogP) is 3.99. The Hall–Kier alpha value is -1.32. The number of aliphatic hydroxyl groups is 1. The summed E-state index contributed by atoms with van der Waals surface area (Å²) in [5.74, 6) is 1.83. The molecule has 3 nitrogen and oxygen atoms in total. The predicted molar refractivity (Wildman–Crippen MR) is 106 cm³/mol. The first kappa shape index (κ1) is 16.8. The van der Waals surface area contributed by atoms with Crippen molar-refractivity contribution in [1.82, 2.24) is 9.47 Å². The minimum absolute atomic E-state index is 0.0990. The standard InChI is InChI=1S/C23H32N2O/c1-14-5-7-20-18(11-14)17-9-10-25-13-16-6-8-21(26)15(2)19(16)12-23(25,3)22(17)24(20)4/h5,7,11,15-16,19,21,26H,6,8-10,12-13H2,1-4H3/t15-,16?,19?,21?,23+/m1/s1. The maximum Gasteiger partial charge on any atom is 0.0591 e. The van der Waals surface area contributed by atoms with E-state index in [4.69, 9.17) is 0 Å². The van der Waals surface area contributed by atoms with Crippen molar-refractivity contribution in [3.8, 4) is 0 Å². The van der Waals surface area contributed by atoms with Crippen LogP contribution >= 0.6 is 0 Å². The van der Waals surface area contributed by atoms with E-state index < -0.39 is 0 Å². The minimum atomic E-state index is -0.107. The molecule has 26 heavy (non-hydrogen) atoms. The monoisotopic (exact) mass is 352 g/mol. The first-order chi connectivity index (χ1) is 12.4. The van der Waals surface area contributed by atoms with Crippen molar-refractivity contribution in [2.24, 2.45) is 24.8 Å². The number of hydrogen-bond donors (Lipinski definition) is 1. The molecular formula is C23H32N2O. The van der Waals surface area contributed by atoms with Gasteiger partial charge in [-0.3, -0.25) is 4.90 Å².